The van der Waals surface area contributed by atoms with Crippen LogP contribution in [0.1, 0.15) is 26.2 Å². The normalized spacial score (nSPS) is 17.4. The van der Waals surface area contributed by atoms with Crippen LogP contribution < -0.4 is 5.32 Å². The molecule has 0 aliphatic heterocycles. The van der Waals surface area contributed by atoms with Gasteiger partial charge < -0.3 is 5.32 Å². The highest BCUT2D eigenvalue weighted by atomic mass is 16.1. The van der Waals surface area contributed by atoms with Crippen molar-refractivity contribution in [3.8, 4) is 0 Å². The minimum absolute atomic E-state index is 0.0932. The van der Waals surface area contributed by atoms with Crippen LogP contribution in [0.15, 0.2) is 0 Å². The lowest BCUT2D eigenvalue weighted by Crippen LogP contribution is -2.21. The Morgan fingerprint density at radius 3 is 2.78 bits per heavy atom. The van der Waals surface area contributed by atoms with E-state index in [0.717, 1.165) is 12.5 Å². The Labute approximate surface area is 55.6 Å². The molecule has 2 nitrogen and oxygen atoms in total. The first-order chi connectivity index (χ1) is 4.29. The van der Waals surface area contributed by atoms with Gasteiger partial charge in [0.1, 0.15) is 0 Å². The van der Waals surface area contributed by atoms with Crippen LogP contribution in [-0.2, 0) is 4.79 Å². The largest absolute Gasteiger partial charge is 0.356 e. The molecule has 0 aromatic carbocycles. The summed E-state index contributed by atoms with van der Waals surface area (Å²) < 4.78 is 0. The van der Waals surface area contributed by atoms with E-state index in [9.17, 15) is 4.79 Å². The molecule has 0 spiro atoms. The Kier molecular flexibility index (Phi) is 2.09. The molecule has 1 aliphatic carbocycles. The van der Waals surface area contributed by atoms with Gasteiger partial charge in [0.05, 0.1) is 0 Å². The van der Waals surface area contributed by atoms with Crippen LogP contribution in [0.25, 0.3) is 0 Å². The Balaban J connectivity index is 1.86. The Morgan fingerprint density at radius 1 is 1.67 bits per heavy atom. The summed E-state index contributed by atoms with van der Waals surface area (Å²) in [6.07, 6.45) is 3.93. The van der Waals surface area contributed by atoms with Gasteiger partial charge in [-0.05, 0) is 12.3 Å². The van der Waals surface area contributed by atoms with E-state index in [1.807, 2.05) is 0 Å². The molecule has 1 saturated carbocycles. The number of hydrogen-bond acceptors (Lipinski definition) is 1. The third-order valence-electron chi connectivity index (χ3n) is 1.62. The van der Waals surface area contributed by atoms with E-state index < -0.39 is 0 Å². The maximum absolute atomic E-state index is 10.3. The molecule has 0 heterocycles. The van der Waals surface area contributed by atoms with Crippen molar-refractivity contribution in [1.29, 1.82) is 0 Å². The van der Waals surface area contributed by atoms with E-state index in [1.54, 1.807) is 6.92 Å². The van der Waals surface area contributed by atoms with Crippen LogP contribution in [0.2, 0.25) is 0 Å². The number of nitrogens with one attached hydrogen (secondary N) is 1. The summed E-state index contributed by atoms with van der Waals surface area (Å²) in [4.78, 5) is 10.3. The second kappa shape index (κ2) is 2.85. The number of rotatable bonds is 3. The van der Waals surface area contributed by atoms with Gasteiger partial charge in [-0.15, -0.1) is 0 Å². The fraction of sp³-hybridized carbons (Fsp3) is 0.857. The molecule has 0 aromatic rings. The third kappa shape index (κ3) is 3.12. The zero-order chi connectivity index (χ0) is 6.69. The average molecular weight is 127 g/mol. The Morgan fingerprint density at radius 2 is 2.33 bits per heavy atom. The van der Waals surface area contributed by atoms with Crippen molar-refractivity contribution in [3.05, 3.63) is 0 Å². The summed E-state index contributed by atoms with van der Waals surface area (Å²) in [6.45, 7) is 2.44. The summed E-state index contributed by atoms with van der Waals surface area (Å²) in [5, 5.41) is 2.78. The number of amides is 1. The van der Waals surface area contributed by atoms with Crippen molar-refractivity contribution in [2.75, 3.05) is 6.54 Å². The molecule has 0 unspecified atom stereocenters. The summed E-state index contributed by atoms with van der Waals surface area (Å²) in [7, 11) is 0. The highest BCUT2D eigenvalue weighted by Gasteiger charge is 2.20. The molecule has 0 atom stereocenters. The van der Waals surface area contributed by atoms with E-state index in [1.165, 1.54) is 19.3 Å². The van der Waals surface area contributed by atoms with E-state index in [0.29, 0.717) is 0 Å². The summed E-state index contributed by atoms with van der Waals surface area (Å²) in [5.41, 5.74) is 0. The van der Waals surface area contributed by atoms with Crippen LogP contribution in [0.5, 0.6) is 0 Å². The van der Waals surface area contributed by atoms with Crippen molar-refractivity contribution >= 4 is 5.91 Å². The van der Waals surface area contributed by atoms with Crippen LogP contribution in [-0.4, -0.2) is 12.5 Å². The average Bonchev–Trinajstić information content (AvgIpc) is 2.48. The first-order valence-electron chi connectivity index (χ1n) is 3.53. The van der Waals surface area contributed by atoms with Crippen LogP contribution >= 0.6 is 0 Å². The molecule has 9 heavy (non-hydrogen) atoms. The molecule has 0 saturated heterocycles. The maximum Gasteiger partial charge on any atom is 0.216 e. The van der Waals surface area contributed by atoms with Gasteiger partial charge in [0, 0.05) is 13.5 Å². The van der Waals surface area contributed by atoms with Crippen molar-refractivity contribution in [2.45, 2.75) is 26.2 Å². The molecule has 0 radical (unpaired) electrons. The standard InChI is InChI=1S/C7H13NO/c1-6(9)8-5-4-7-2-3-7/h7H,2-5H2,1H3,(H,8,9). The monoisotopic (exact) mass is 127 g/mol. The van der Waals surface area contributed by atoms with Gasteiger partial charge in [0.25, 0.3) is 0 Å². The molecule has 1 aliphatic rings. The minimum Gasteiger partial charge on any atom is -0.356 e. The lowest BCUT2D eigenvalue weighted by atomic mass is 10.3. The van der Waals surface area contributed by atoms with Crippen molar-refractivity contribution in [2.24, 2.45) is 5.92 Å². The lowest BCUT2D eigenvalue weighted by molar-refractivity contribution is -0.118. The smallest absolute Gasteiger partial charge is 0.216 e. The number of carbonyl (C=O) groups is 1. The fourth-order valence-electron chi connectivity index (χ4n) is 0.859. The summed E-state index contributed by atoms with van der Waals surface area (Å²) in [6, 6.07) is 0. The molecule has 52 valence electrons. The van der Waals surface area contributed by atoms with Gasteiger partial charge in [-0.2, -0.15) is 0 Å². The predicted molar refractivity (Wildman–Crippen MR) is 36.0 cm³/mol. The predicted octanol–water partition coefficient (Wildman–Crippen LogP) is 0.923. The van der Waals surface area contributed by atoms with Gasteiger partial charge in [-0.1, -0.05) is 12.8 Å². The first kappa shape index (κ1) is 6.59. The molecule has 0 aromatic heterocycles. The van der Waals surface area contributed by atoms with Crippen molar-refractivity contribution < 1.29 is 4.79 Å². The van der Waals surface area contributed by atoms with Gasteiger partial charge >= 0.3 is 0 Å². The maximum atomic E-state index is 10.3. The molecule has 1 amide bonds. The summed E-state index contributed by atoms with van der Waals surface area (Å²) >= 11 is 0. The van der Waals surface area contributed by atoms with Crippen molar-refractivity contribution in [1.82, 2.24) is 5.32 Å². The van der Waals surface area contributed by atoms with Gasteiger partial charge in [-0.3, -0.25) is 4.79 Å². The van der Waals surface area contributed by atoms with E-state index in [-0.39, 0.29) is 5.91 Å². The molecular formula is C7H13NO. The molecule has 1 rings (SSSR count). The molecular weight excluding hydrogens is 114 g/mol. The Bertz CT molecular complexity index is 107. The Hall–Kier alpha value is -0.530. The van der Waals surface area contributed by atoms with Gasteiger partial charge in [0.2, 0.25) is 5.91 Å². The number of hydrogen-bond donors (Lipinski definition) is 1. The highest BCUT2D eigenvalue weighted by Crippen LogP contribution is 2.31. The van der Waals surface area contributed by atoms with Gasteiger partial charge in [-0.25, -0.2) is 0 Å². The van der Waals surface area contributed by atoms with Gasteiger partial charge in [0.15, 0.2) is 0 Å². The van der Waals surface area contributed by atoms with E-state index in [4.69, 9.17) is 0 Å². The van der Waals surface area contributed by atoms with Crippen LogP contribution in [0, 0.1) is 5.92 Å². The fourth-order valence-corrected chi connectivity index (χ4v) is 0.859. The minimum atomic E-state index is 0.0932. The highest BCUT2D eigenvalue weighted by molar-refractivity contribution is 5.72. The number of carbonyl (C=O) groups excluding carboxylic acids is 1. The molecule has 0 bridgehead atoms. The topological polar surface area (TPSA) is 29.1 Å². The van der Waals surface area contributed by atoms with Crippen molar-refractivity contribution in [3.63, 3.8) is 0 Å². The van der Waals surface area contributed by atoms with E-state index >= 15 is 0 Å². The molecule has 1 N–H and O–H groups in total. The zero-order valence-corrected chi connectivity index (χ0v) is 5.81. The zero-order valence-electron chi connectivity index (χ0n) is 5.81. The molecule has 1 fully saturated rings. The lowest BCUT2D eigenvalue weighted by Gasteiger charge is -1.97. The second-order valence-corrected chi connectivity index (χ2v) is 2.72. The SMILES string of the molecule is CC(=O)NCCC1CC1. The van der Waals surface area contributed by atoms with E-state index in [2.05, 4.69) is 5.32 Å². The quantitative estimate of drug-likeness (QED) is 0.600. The molecule has 2 heteroatoms. The van der Waals surface area contributed by atoms with Crippen LogP contribution in [0.4, 0.5) is 0 Å². The second-order valence-electron chi connectivity index (χ2n) is 2.72. The summed E-state index contributed by atoms with van der Waals surface area (Å²) in [5.74, 6) is 1.02. The third-order valence-corrected chi connectivity index (χ3v) is 1.62. The van der Waals surface area contributed by atoms with Crippen LogP contribution in [0.3, 0.4) is 0 Å². The first-order valence-corrected chi connectivity index (χ1v) is 3.53.